The van der Waals surface area contributed by atoms with E-state index in [-0.39, 0.29) is 12.7 Å². The standard InChI is InChI=1S/C25H18BrNO5S2/c1-29-21-10-16(4-8-19(21)30-13-15-2-5-17(26)6-3-15)11-23-24(28)27(25(33)34-23)18-7-9-20-22(12-18)32-14-31-20/h2-12H,13-14H2,1H3/b23-11-. The van der Waals surface area contributed by atoms with Crippen molar-refractivity contribution < 1.29 is 23.7 Å². The quantitative estimate of drug-likeness (QED) is 0.266. The van der Waals surface area contributed by atoms with Crippen molar-refractivity contribution in [2.24, 2.45) is 0 Å². The van der Waals surface area contributed by atoms with Crippen molar-refractivity contribution in [2.75, 3.05) is 18.8 Å². The summed E-state index contributed by atoms with van der Waals surface area (Å²) < 4.78 is 23.7. The number of carbonyl (C=O) groups excluding carboxylic acids is 1. The number of fused-ring (bicyclic) bond motifs is 1. The van der Waals surface area contributed by atoms with Crippen LogP contribution in [0.3, 0.4) is 0 Å². The van der Waals surface area contributed by atoms with Gasteiger partial charge in [-0.15, -0.1) is 0 Å². The Balaban J connectivity index is 1.34. The fourth-order valence-corrected chi connectivity index (χ4v) is 5.06. The predicted octanol–water partition coefficient (Wildman–Crippen LogP) is 6.17. The van der Waals surface area contributed by atoms with E-state index in [9.17, 15) is 4.79 Å². The highest BCUT2D eigenvalue weighted by molar-refractivity contribution is 9.10. The Labute approximate surface area is 214 Å². The van der Waals surface area contributed by atoms with E-state index >= 15 is 0 Å². The summed E-state index contributed by atoms with van der Waals surface area (Å²) in [4.78, 5) is 15.2. The first kappa shape index (κ1) is 22.8. The molecule has 0 N–H and O–H groups in total. The molecule has 5 rings (SSSR count). The van der Waals surface area contributed by atoms with Crippen molar-refractivity contribution in [3.8, 4) is 23.0 Å². The number of ether oxygens (including phenoxy) is 4. The normalized spacial score (nSPS) is 15.8. The fraction of sp³-hybridized carbons (Fsp3) is 0.120. The van der Waals surface area contributed by atoms with Gasteiger partial charge in [-0.25, -0.2) is 0 Å². The van der Waals surface area contributed by atoms with Gasteiger partial charge in [-0.2, -0.15) is 0 Å². The molecule has 0 aliphatic carbocycles. The first-order chi connectivity index (χ1) is 16.5. The molecule has 0 spiro atoms. The van der Waals surface area contributed by atoms with Crippen LogP contribution in [0.1, 0.15) is 11.1 Å². The van der Waals surface area contributed by atoms with E-state index in [0.29, 0.717) is 44.5 Å². The summed E-state index contributed by atoms with van der Waals surface area (Å²) in [7, 11) is 1.59. The minimum atomic E-state index is -0.191. The number of nitrogens with zero attached hydrogens (tertiary/aromatic N) is 1. The van der Waals surface area contributed by atoms with E-state index in [0.717, 1.165) is 15.6 Å². The molecule has 3 aromatic rings. The van der Waals surface area contributed by atoms with E-state index in [4.69, 9.17) is 31.2 Å². The van der Waals surface area contributed by atoms with E-state index in [1.165, 1.54) is 16.7 Å². The average Bonchev–Trinajstić information content (AvgIpc) is 3.42. The molecule has 0 saturated carbocycles. The predicted molar refractivity (Wildman–Crippen MR) is 140 cm³/mol. The van der Waals surface area contributed by atoms with Crippen molar-refractivity contribution >= 4 is 61.9 Å². The summed E-state index contributed by atoms with van der Waals surface area (Å²) in [5, 5.41) is 0. The lowest BCUT2D eigenvalue weighted by Crippen LogP contribution is -2.27. The van der Waals surface area contributed by atoms with Crippen LogP contribution in [0.4, 0.5) is 5.69 Å². The zero-order valence-electron chi connectivity index (χ0n) is 17.9. The number of anilines is 1. The Morgan fingerprint density at radius 3 is 2.65 bits per heavy atom. The topological polar surface area (TPSA) is 57.2 Å². The number of thioether (sulfide) groups is 1. The molecule has 0 radical (unpaired) electrons. The smallest absolute Gasteiger partial charge is 0.270 e. The van der Waals surface area contributed by atoms with Crippen molar-refractivity contribution in [1.82, 2.24) is 0 Å². The van der Waals surface area contributed by atoms with Crippen LogP contribution < -0.4 is 23.8 Å². The van der Waals surface area contributed by atoms with Crippen molar-refractivity contribution in [3.05, 3.63) is 81.2 Å². The zero-order valence-corrected chi connectivity index (χ0v) is 21.2. The maximum absolute atomic E-state index is 13.1. The number of benzene rings is 3. The van der Waals surface area contributed by atoms with Crippen LogP contribution in [0.25, 0.3) is 6.08 Å². The first-order valence-corrected chi connectivity index (χ1v) is 12.3. The van der Waals surface area contributed by atoms with E-state index < -0.39 is 0 Å². The summed E-state index contributed by atoms with van der Waals surface area (Å²) in [5.41, 5.74) is 2.49. The maximum Gasteiger partial charge on any atom is 0.270 e. The van der Waals surface area contributed by atoms with Gasteiger partial charge in [0.2, 0.25) is 6.79 Å². The molecule has 0 unspecified atom stereocenters. The molecule has 0 atom stereocenters. The second-order valence-corrected chi connectivity index (χ2v) is 9.97. The minimum absolute atomic E-state index is 0.168. The van der Waals surface area contributed by atoms with Crippen LogP contribution >= 0.6 is 39.9 Å². The molecule has 9 heteroatoms. The number of halogens is 1. The second-order valence-electron chi connectivity index (χ2n) is 7.38. The SMILES string of the molecule is COc1cc(/C=C2\SC(=S)N(c3ccc4c(c3)OCO4)C2=O)ccc1OCc1ccc(Br)cc1. The highest BCUT2D eigenvalue weighted by Gasteiger charge is 2.34. The van der Waals surface area contributed by atoms with Gasteiger partial charge in [0.25, 0.3) is 5.91 Å². The molecule has 1 saturated heterocycles. The van der Waals surface area contributed by atoms with E-state index in [2.05, 4.69) is 15.9 Å². The minimum Gasteiger partial charge on any atom is -0.493 e. The first-order valence-electron chi connectivity index (χ1n) is 10.2. The van der Waals surface area contributed by atoms with Gasteiger partial charge in [0.15, 0.2) is 27.3 Å². The van der Waals surface area contributed by atoms with Crippen LogP contribution in [0.5, 0.6) is 23.0 Å². The van der Waals surface area contributed by atoms with Gasteiger partial charge in [-0.05, 0) is 53.6 Å². The number of hydrogen-bond donors (Lipinski definition) is 0. The number of carbonyl (C=O) groups is 1. The molecule has 2 heterocycles. The maximum atomic E-state index is 13.1. The van der Waals surface area contributed by atoms with Gasteiger partial charge in [0.1, 0.15) is 6.61 Å². The van der Waals surface area contributed by atoms with Crippen molar-refractivity contribution in [2.45, 2.75) is 6.61 Å². The molecule has 34 heavy (non-hydrogen) atoms. The van der Waals surface area contributed by atoms with Crippen molar-refractivity contribution in [3.63, 3.8) is 0 Å². The third-order valence-electron chi connectivity index (χ3n) is 5.20. The molecule has 1 amide bonds. The zero-order chi connectivity index (χ0) is 23.7. The highest BCUT2D eigenvalue weighted by Crippen LogP contribution is 2.41. The second kappa shape index (κ2) is 9.69. The molecule has 2 aliphatic heterocycles. The Kier molecular flexibility index (Phi) is 6.49. The Morgan fingerprint density at radius 2 is 1.85 bits per heavy atom. The highest BCUT2D eigenvalue weighted by atomic mass is 79.9. The lowest BCUT2D eigenvalue weighted by atomic mass is 10.1. The largest absolute Gasteiger partial charge is 0.493 e. The number of methoxy groups -OCH3 is 1. The van der Waals surface area contributed by atoms with Crippen LogP contribution in [-0.4, -0.2) is 24.1 Å². The third kappa shape index (κ3) is 4.64. The summed E-state index contributed by atoms with van der Waals surface area (Å²) in [5.74, 6) is 2.26. The van der Waals surface area contributed by atoms with Crippen molar-refractivity contribution in [1.29, 1.82) is 0 Å². The number of thiocarbonyl (C=S) groups is 1. The van der Waals surface area contributed by atoms with Gasteiger partial charge in [-0.1, -0.05) is 58.1 Å². The lowest BCUT2D eigenvalue weighted by molar-refractivity contribution is -0.113. The lowest BCUT2D eigenvalue weighted by Gasteiger charge is -2.14. The molecule has 0 aromatic heterocycles. The third-order valence-corrected chi connectivity index (χ3v) is 7.03. The molecule has 6 nitrogen and oxygen atoms in total. The molecule has 0 bridgehead atoms. The molecule has 1 fully saturated rings. The summed E-state index contributed by atoms with van der Waals surface area (Å²) in [6.07, 6.45) is 1.80. The fourth-order valence-electron chi connectivity index (χ4n) is 3.50. The number of rotatable bonds is 6. The molecular formula is C25H18BrNO5S2. The summed E-state index contributed by atoms with van der Waals surface area (Å²) in [6.45, 7) is 0.582. The Hall–Kier alpha value is -3.01. The Morgan fingerprint density at radius 1 is 1.06 bits per heavy atom. The van der Waals surface area contributed by atoms with Crippen LogP contribution in [0, 0.1) is 0 Å². The number of hydrogen-bond acceptors (Lipinski definition) is 7. The number of amides is 1. The summed E-state index contributed by atoms with van der Waals surface area (Å²) >= 11 is 10.2. The van der Waals surface area contributed by atoms with E-state index in [1.54, 1.807) is 31.4 Å². The monoisotopic (exact) mass is 555 g/mol. The average molecular weight is 556 g/mol. The van der Waals surface area contributed by atoms with Gasteiger partial charge < -0.3 is 18.9 Å². The molecular weight excluding hydrogens is 538 g/mol. The Bertz CT molecular complexity index is 1310. The van der Waals surface area contributed by atoms with Crippen LogP contribution in [0.2, 0.25) is 0 Å². The molecule has 2 aliphatic rings. The van der Waals surface area contributed by atoms with Gasteiger partial charge in [-0.3, -0.25) is 9.69 Å². The molecule has 3 aromatic carbocycles. The van der Waals surface area contributed by atoms with Gasteiger partial charge in [0, 0.05) is 10.5 Å². The summed E-state index contributed by atoms with van der Waals surface area (Å²) in [6, 6.07) is 18.8. The van der Waals surface area contributed by atoms with Crippen LogP contribution in [-0.2, 0) is 11.4 Å². The molecule has 172 valence electrons. The van der Waals surface area contributed by atoms with Gasteiger partial charge in [0.05, 0.1) is 17.7 Å². The van der Waals surface area contributed by atoms with Crippen LogP contribution in [0.15, 0.2) is 70.0 Å². The van der Waals surface area contributed by atoms with E-state index in [1.807, 2.05) is 42.5 Å². The van der Waals surface area contributed by atoms with Gasteiger partial charge >= 0.3 is 0 Å².